The summed E-state index contributed by atoms with van der Waals surface area (Å²) in [5.41, 5.74) is 0. The number of carbonyl (C=O) groups excluding carboxylic acids is 1. The van der Waals surface area contributed by atoms with E-state index in [1.54, 1.807) is 14.1 Å². The molecule has 1 amide bonds. The van der Waals surface area contributed by atoms with Crippen LogP contribution in [0.25, 0.3) is 0 Å². The van der Waals surface area contributed by atoms with E-state index in [0.29, 0.717) is 13.0 Å². The van der Waals surface area contributed by atoms with Crippen LogP contribution in [0.15, 0.2) is 0 Å². The van der Waals surface area contributed by atoms with Crippen molar-refractivity contribution in [3.05, 3.63) is 0 Å². The van der Waals surface area contributed by atoms with Gasteiger partial charge in [0, 0.05) is 20.7 Å². The maximum absolute atomic E-state index is 11.2. The summed E-state index contributed by atoms with van der Waals surface area (Å²) >= 11 is 0. The third-order valence-electron chi connectivity index (χ3n) is 1.76. The highest BCUT2D eigenvalue weighted by atomic mass is 16.3. The standard InChI is InChI=1S/C9H17N3O2/c1-12(2)9(14)6-8(7-10)11-4-3-5-13/h8,11,13H,3-6H2,1-2H3. The van der Waals surface area contributed by atoms with E-state index < -0.39 is 6.04 Å². The molecule has 0 fully saturated rings. The molecule has 1 atom stereocenters. The number of aliphatic hydroxyl groups is 1. The van der Waals surface area contributed by atoms with E-state index in [2.05, 4.69) is 5.32 Å². The van der Waals surface area contributed by atoms with Gasteiger partial charge in [-0.05, 0) is 13.0 Å². The Hall–Kier alpha value is -1.12. The smallest absolute Gasteiger partial charge is 0.224 e. The van der Waals surface area contributed by atoms with E-state index in [0.717, 1.165) is 0 Å². The Morgan fingerprint density at radius 3 is 2.71 bits per heavy atom. The van der Waals surface area contributed by atoms with Gasteiger partial charge in [-0.15, -0.1) is 0 Å². The van der Waals surface area contributed by atoms with Crippen molar-refractivity contribution in [3.63, 3.8) is 0 Å². The van der Waals surface area contributed by atoms with Crippen LogP contribution in [0.3, 0.4) is 0 Å². The first-order valence-corrected chi connectivity index (χ1v) is 4.55. The third-order valence-corrected chi connectivity index (χ3v) is 1.76. The summed E-state index contributed by atoms with van der Waals surface area (Å²) in [6, 6.07) is 1.54. The molecule has 1 unspecified atom stereocenters. The van der Waals surface area contributed by atoms with Crippen LogP contribution in [0.2, 0.25) is 0 Å². The molecular weight excluding hydrogens is 182 g/mol. The maximum Gasteiger partial charge on any atom is 0.224 e. The topological polar surface area (TPSA) is 76.4 Å². The molecular formula is C9H17N3O2. The van der Waals surface area contributed by atoms with Crippen LogP contribution in [0.1, 0.15) is 12.8 Å². The number of nitrogens with one attached hydrogen (secondary N) is 1. The van der Waals surface area contributed by atoms with Crippen molar-refractivity contribution in [2.24, 2.45) is 0 Å². The number of hydrogen-bond acceptors (Lipinski definition) is 4. The minimum atomic E-state index is -0.462. The van der Waals surface area contributed by atoms with E-state index >= 15 is 0 Å². The van der Waals surface area contributed by atoms with Crippen LogP contribution >= 0.6 is 0 Å². The second kappa shape index (κ2) is 7.30. The van der Waals surface area contributed by atoms with Gasteiger partial charge in [-0.2, -0.15) is 5.26 Å². The Labute approximate surface area is 84.3 Å². The van der Waals surface area contributed by atoms with E-state index in [1.807, 2.05) is 6.07 Å². The molecule has 0 spiro atoms. The summed E-state index contributed by atoms with van der Waals surface area (Å²) in [7, 11) is 3.31. The molecule has 5 heteroatoms. The average Bonchev–Trinajstić information content (AvgIpc) is 2.16. The van der Waals surface area contributed by atoms with Crippen molar-refractivity contribution in [1.29, 1.82) is 5.26 Å². The molecule has 5 nitrogen and oxygen atoms in total. The third kappa shape index (κ3) is 5.51. The van der Waals surface area contributed by atoms with Crippen LogP contribution < -0.4 is 5.32 Å². The predicted octanol–water partition coefficient (Wildman–Crippen LogP) is -0.671. The molecule has 2 N–H and O–H groups in total. The molecule has 14 heavy (non-hydrogen) atoms. The lowest BCUT2D eigenvalue weighted by atomic mass is 10.2. The summed E-state index contributed by atoms with van der Waals surface area (Å²) in [6.07, 6.45) is 0.767. The zero-order chi connectivity index (χ0) is 11.0. The second-order valence-electron chi connectivity index (χ2n) is 3.21. The first-order valence-electron chi connectivity index (χ1n) is 4.55. The molecule has 0 radical (unpaired) electrons. The number of carbonyl (C=O) groups is 1. The molecule has 0 rings (SSSR count). The first-order chi connectivity index (χ1) is 6.61. The van der Waals surface area contributed by atoms with Crippen LogP contribution in [0.5, 0.6) is 0 Å². The van der Waals surface area contributed by atoms with Gasteiger partial charge in [0.15, 0.2) is 0 Å². The lowest BCUT2D eigenvalue weighted by Gasteiger charge is -2.14. The Balaban J connectivity index is 3.80. The van der Waals surface area contributed by atoms with Gasteiger partial charge in [-0.1, -0.05) is 0 Å². The number of hydrogen-bond donors (Lipinski definition) is 2. The minimum Gasteiger partial charge on any atom is -0.396 e. The number of rotatable bonds is 6. The number of aliphatic hydroxyl groups excluding tert-OH is 1. The van der Waals surface area contributed by atoms with E-state index in [-0.39, 0.29) is 18.9 Å². The summed E-state index contributed by atoms with van der Waals surface area (Å²) < 4.78 is 0. The molecule has 0 aromatic rings. The zero-order valence-corrected chi connectivity index (χ0v) is 8.66. The van der Waals surface area contributed by atoms with Gasteiger partial charge in [-0.3, -0.25) is 4.79 Å². The molecule has 0 aromatic carbocycles. The number of nitrogens with zero attached hydrogens (tertiary/aromatic N) is 2. The monoisotopic (exact) mass is 199 g/mol. The molecule has 0 aliphatic rings. The fourth-order valence-electron chi connectivity index (χ4n) is 0.876. The maximum atomic E-state index is 11.2. The Morgan fingerprint density at radius 2 is 2.29 bits per heavy atom. The lowest BCUT2D eigenvalue weighted by molar-refractivity contribution is -0.128. The highest BCUT2D eigenvalue weighted by Gasteiger charge is 2.13. The van der Waals surface area contributed by atoms with Gasteiger partial charge >= 0.3 is 0 Å². The van der Waals surface area contributed by atoms with Crippen molar-refractivity contribution in [3.8, 4) is 6.07 Å². The normalized spacial score (nSPS) is 11.9. The van der Waals surface area contributed by atoms with Gasteiger partial charge in [0.2, 0.25) is 5.91 Å². The predicted molar refractivity (Wildman–Crippen MR) is 52.4 cm³/mol. The molecule has 0 aliphatic heterocycles. The number of nitriles is 1. The molecule has 0 bridgehead atoms. The highest BCUT2D eigenvalue weighted by Crippen LogP contribution is 1.94. The first kappa shape index (κ1) is 12.9. The SMILES string of the molecule is CN(C)C(=O)CC(C#N)NCCCO. The van der Waals surface area contributed by atoms with Gasteiger partial charge in [0.05, 0.1) is 12.5 Å². The van der Waals surface area contributed by atoms with Gasteiger partial charge < -0.3 is 15.3 Å². The number of amides is 1. The van der Waals surface area contributed by atoms with Gasteiger partial charge in [-0.25, -0.2) is 0 Å². The molecule has 0 saturated heterocycles. The lowest BCUT2D eigenvalue weighted by Crippen LogP contribution is -2.35. The highest BCUT2D eigenvalue weighted by molar-refractivity contribution is 5.76. The summed E-state index contributed by atoms with van der Waals surface area (Å²) in [5.74, 6) is -0.0759. The van der Waals surface area contributed by atoms with Gasteiger partial charge in [0.25, 0.3) is 0 Å². The zero-order valence-electron chi connectivity index (χ0n) is 8.66. The largest absolute Gasteiger partial charge is 0.396 e. The molecule has 0 aliphatic carbocycles. The molecule has 80 valence electrons. The van der Waals surface area contributed by atoms with E-state index in [1.165, 1.54) is 4.90 Å². The second-order valence-corrected chi connectivity index (χ2v) is 3.21. The van der Waals surface area contributed by atoms with Crippen molar-refractivity contribution in [2.75, 3.05) is 27.2 Å². The van der Waals surface area contributed by atoms with E-state index in [4.69, 9.17) is 10.4 Å². The quantitative estimate of drug-likeness (QED) is 0.556. The van der Waals surface area contributed by atoms with Crippen LogP contribution in [-0.4, -0.2) is 49.2 Å². The minimum absolute atomic E-state index is 0.0759. The van der Waals surface area contributed by atoms with Crippen LogP contribution in [-0.2, 0) is 4.79 Å². The van der Waals surface area contributed by atoms with E-state index in [9.17, 15) is 4.79 Å². The summed E-state index contributed by atoms with van der Waals surface area (Å²) in [4.78, 5) is 12.7. The molecule has 0 heterocycles. The fraction of sp³-hybridized carbons (Fsp3) is 0.778. The average molecular weight is 199 g/mol. The molecule has 0 aromatic heterocycles. The molecule has 0 saturated carbocycles. The Morgan fingerprint density at radius 1 is 1.64 bits per heavy atom. The Kier molecular flexibility index (Phi) is 6.72. The fourth-order valence-corrected chi connectivity index (χ4v) is 0.876. The van der Waals surface area contributed by atoms with Gasteiger partial charge in [0.1, 0.15) is 6.04 Å². The van der Waals surface area contributed by atoms with Crippen molar-refractivity contribution in [2.45, 2.75) is 18.9 Å². The van der Waals surface area contributed by atoms with Crippen molar-refractivity contribution in [1.82, 2.24) is 10.2 Å². The summed E-state index contributed by atoms with van der Waals surface area (Å²) in [6.45, 7) is 0.641. The van der Waals surface area contributed by atoms with Crippen LogP contribution in [0.4, 0.5) is 0 Å². The van der Waals surface area contributed by atoms with Crippen molar-refractivity contribution >= 4 is 5.91 Å². The van der Waals surface area contributed by atoms with Crippen molar-refractivity contribution < 1.29 is 9.90 Å². The van der Waals surface area contributed by atoms with Crippen LogP contribution in [0, 0.1) is 11.3 Å². The summed E-state index contributed by atoms with van der Waals surface area (Å²) in [5, 5.41) is 20.1. The Bertz CT molecular complexity index is 211.